The lowest BCUT2D eigenvalue weighted by atomic mass is 10.2. The number of carbonyl (C=O) groups is 2. The van der Waals surface area contributed by atoms with Gasteiger partial charge in [0.15, 0.2) is 16.3 Å². The molecule has 0 atom stereocenters. The van der Waals surface area contributed by atoms with Crippen LogP contribution in [0.5, 0.6) is 0 Å². The number of methoxy groups -OCH3 is 1. The molecule has 4 rings (SSSR count). The van der Waals surface area contributed by atoms with Crippen molar-refractivity contribution in [3.8, 4) is 5.69 Å². The first-order valence-electron chi connectivity index (χ1n) is 9.61. The van der Waals surface area contributed by atoms with E-state index in [1.165, 1.54) is 13.4 Å². The zero-order valence-corrected chi connectivity index (χ0v) is 18.1. The fourth-order valence-corrected chi connectivity index (χ4v) is 3.91. The first kappa shape index (κ1) is 21.3. The highest BCUT2D eigenvalue weighted by molar-refractivity contribution is 7.99. The lowest BCUT2D eigenvalue weighted by Gasteiger charge is -2.10. The molecule has 0 bridgehead atoms. The van der Waals surface area contributed by atoms with Crippen LogP contribution in [0.4, 0.5) is 5.69 Å². The van der Waals surface area contributed by atoms with Gasteiger partial charge in [-0.15, -0.1) is 0 Å². The van der Waals surface area contributed by atoms with Gasteiger partial charge in [0.1, 0.15) is 0 Å². The molecule has 32 heavy (non-hydrogen) atoms. The average molecular weight is 449 g/mol. The summed E-state index contributed by atoms with van der Waals surface area (Å²) in [6, 6.07) is 14.3. The third-order valence-electron chi connectivity index (χ3n) is 4.65. The number of carbonyl (C=O) groups excluding carboxylic acids is 2. The van der Waals surface area contributed by atoms with E-state index < -0.39 is 5.97 Å². The van der Waals surface area contributed by atoms with Gasteiger partial charge in [-0.05, 0) is 31.2 Å². The second-order valence-electron chi connectivity index (χ2n) is 6.84. The number of imidazole rings is 1. The summed E-state index contributed by atoms with van der Waals surface area (Å²) in [5, 5.41) is 3.18. The van der Waals surface area contributed by atoms with Crippen molar-refractivity contribution in [2.75, 3.05) is 18.2 Å². The maximum absolute atomic E-state index is 12.6. The Bertz CT molecular complexity index is 1360. The van der Waals surface area contributed by atoms with Crippen molar-refractivity contribution < 1.29 is 14.3 Å². The number of para-hydroxylation sites is 1. The van der Waals surface area contributed by atoms with E-state index in [0.717, 1.165) is 23.0 Å². The van der Waals surface area contributed by atoms with Crippen molar-refractivity contribution in [1.82, 2.24) is 19.5 Å². The highest BCUT2D eigenvalue weighted by Crippen LogP contribution is 2.26. The second kappa shape index (κ2) is 9.06. The van der Waals surface area contributed by atoms with Gasteiger partial charge in [-0.1, -0.05) is 41.6 Å². The topological polar surface area (TPSA) is 119 Å². The number of hydrogen-bond donors (Lipinski definition) is 2. The molecule has 0 aliphatic heterocycles. The van der Waals surface area contributed by atoms with Gasteiger partial charge in [0.2, 0.25) is 5.91 Å². The van der Waals surface area contributed by atoms with Crippen LogP contribution in [0, 0.1) is 6.92 Å². The molecule has 4 aromatic rings. The molecular formula is C22H19N5O4S. The first-order valence-corrected chi connectivity index (χ1v) is 10.6. The highest BCUT2D eigenvalue weighted by atomic mass is 32.2. The van der Waals surface area contributed by atoms with Crippen LogP contribution in [0.2, 0.25) is 0 Å². The minimum absolute atomic E-state index is 0.00257. The van der Waals surface area contributed by atoms with Crippen LogP contribution in [0.1, 0.15) is 15.9 Å². The van der Waals surface area contributed by atoms with Crippen LogP contribution < -0.4 is 10.9 Å². The third kappa shape index (κ3) is 4.26. The van der Waals surface area contributed by atoms with Gasteiger partial charge in [0.25, 0.3) is 5.56 Å². The Kier molecular flexibility index (Phi) is 6.04. The van der Waals surface area contributed by atoms with Crippen LogP contribution in [0.25, 0.3) is 16.9 Å². The average Bonchev–Trinajstić information content (AvgIpc) is 3.18. The molecule has 0 saturated heterocycles. The van der Waals surface area contributed by atoms with Crippen LogP contribution in [-0.4, -0.2) is 44.3 Å². The van der Waals surface area contributed by atoms with Gasteiger partial charge in [0, 0.05) is 5.69 Å². The van der Waals surface area contributed by atoms with Crippen LogP contribution in [0.3, 0.4) is 0 Å². The highest BCUT2D eigenvalue weighted by Gasteiger charge is 2.19. The zero-order valence-electron chi connectivity index (χ0n) is 17.3. The van der Waals surface area contributed by atoms with Crippen molar-refractivity contribution in [3.63, 3.8) is 0 Å². The number of anilines is 1. The van der Waals surface area contributed by atoms with Crippen LogP contribution in [0.15, 0.2) is 64.8 Å². The number of esters is 1. The number of benzene rings is 2. The molecule has 162 valence electrons. The predicted molar refractivity (Wildman–Crippen MR) is 121 cm³/mol. The summed E-state index contributed by atoms with van der Waals surface area (Å²) >= 11 is 1.16. The Hall–Kier alpha value is -3.92. The fraction of sp³-hybridized carbons (Fsp3) is 0.136. The summed E-state index contributed by atoms with van der Waals surface area (Å²) in [7, 11) is 1.28. The Morgan fingerprint density at radius 1 is 1.16 bits per heavy atom. The van der Waals surface area contributed by atoms with Gasteiger partial charge in [-0.2, -0.15) is 0 Å². The van der Waals surface area contributed by atoms with Crippen molar-refractivity contribution in [3.05, 3.63) is 76.3 Å². The van der Waals surface area contributed by atoms with E-state index in [4.69, 9.17) is 4.74 Å². The van der Waals surface area contributed by atoms with Gasteiger partial charge in [0.05, 0.1) is 30.4 Å². The molecular weight excluding hydrogens is 430 g/mol. The van der Waals surface area contributed by atoms with Gasteiger partial charge in [-0.3, -0.25) is 14.2 Å². The molecule has 2 aromatic carbocycles. The summed E-state index contributed by atoms with van der Waals surface area (Å²) in [5.74, 6) is -0.876. The second-order valence-corrected chi connectivity index (χ2v) is 7.79. The van der Waals surface area contributed by atoms with E-state index in [9.17, 15) is 14.4 Å². The van der Waals surface area contributed by atoms with Crippen LogP contribution in [-0.2, 0) is 9.53 Å². The summed E-state index contributed by atoms with van der Waals surface area (Å²) in [6.45, 7) is 1.98. The molecule has 0 aliphatic rings. The molecule has 0 radical (unpaired) electrons. The maximum atomic E-state index is 12.6. The number of aryl methyl sites for hydroxylation is 1. The Morgan fingerprint density at radius 3 is 2.66 bits per heavy atom. The molecule has 1 amide bonds. The van der Waals surface area contributed by atoms with Gasteiger partial charge in [-0.25, -0.2) is 14.8 Å². The van der Waals surface area contributed by atoms with Crippen molar-refractivity contribution >= 4 is 40.5 Å². The van der Waals surface area contributed by atoms with E-state index in [2.05, 4.69) is 20.3 Å². The summed E-state index contributed by atoms with van der Waals surface area (Å²) < 4.78 is 6.50. The minimum atomic E-state index is -0.542. The summed E-state index contributed by atoms with van der Waals surface area (Å²) in [4.78, 5) is 48.0. The number of nitrogens with zero attached hydrogens (tertiary/aromatic N) is 3. The van der Waals surface area contributed by atoms with Crippen LogP contribution >= 0.6 is 11.8 Å². The number of thioether (sulfide) groups is 1. The molecule has 10 heteroatoms. The normalized spacial score (nSPS) is 10.8. The van der Waals surface area contributed by atoms with E-state index in [-0.39, 0.29) is 28.3 Å². The third-order valence-corrected chi connectivity index (χ3v) is 5.59. The Labute approximate surface area is 186 Å². The Balaban J connectivity index is 1.61. The van der Waals surface area contributed by atoms with E-state index >= 15 is 0 Å². The molecule has 2 N–H and O–H groups in total. The monoisotopic (exact) mass is 449 g/mol. The maximum Gasteiger partial charge on any atom is 0.339 e. The number of nitrogens with one attached hydrogen (secondary N) is 2. The van der Waals surface area contributed by atoms with E-state index in [0.29, 0.717) is 16.5 Å². The number of hydrogen-bond acceptors (Lipinski definition) is 7. The standard InChI is InChI=1S/C22H19N5O4S/c1-13-7-9-14(10-8-13)27-19-18(20(29)24-12-23-19)26-22(27)32-11-17(28)25-16-6-4-3-5-15(16)21(30)31-2/h3-10,12H,11H2,1-2H3,(H,25,28)(H,23,24,29). The lowest BCUT2D eigenvalue weighted by molar-refractivity contribution is -0.113. The molecule has 0 unspecified atom stereocenters. The molecule has 0 aliphatic carbocycles. The van der Waals surface area contributed by atoms with Gasteiger partial charge >= 0.3 is 5.97 Å². The molecule has 0 fully saturated rings. The van der Waals surface area contributed by atoms with Crippen molar-refractivity contribution in [2.24, 2.45) is 0 Å². The van der Waals surface area contributed by atoms with E-state index in [1.807, 2.05) is 31.2 Å². The molecule has 2 heterocycles. The van der Waals surface area contributed by atoms with E-state index in [1.54, 1.807) is 28.8 Å². The SMILES string of the molecule is COC(=O)c1ccccc1NC(=O)CSc1nc2c(=O)[nH]cnc2n1-c1ccc(C)cc1. The first-order chi connectivity index (χ1) is 15.5. The smallest absolute Gasteiger partial charge is 0.339 e. The predicted octanol–water partition coefficient (Wildman–Crippen LogP) is 2.93. The number of aromatic amines is 1. The van der Waals surface area contributed by atoms with Gasteiger partial charge < -0.3 is 15.0 Å². The minimum Gasteiger partial charge on any atom is -0.465 e. The number of amides is 1. The molecule has 2 aromatic heterocycles. The molecule has 0 spiro atoms. The zero-order chi connectivity index (χ0) is 22.7. The molecule has 0 saturated carbocycles. The Morgan fingerprint density at radius 2 is 1.91 bits per heavy atom. The number of fused-ring (bicyclic) bond motifs is 1. The molecule has 9 nitrogen and oxygen atoms in total. The quantitative estimate of drug-likeness (QED) is 0.343. The number of H-pyrrole nitrogens is 1. The largest absolute Gasteiger partial charge is 0.465 e. The number of rotatable bonds is 6. The summed E-state index contributed by atoms with van der Waals surface area (Å²) in [6.07, 6.45) is 1.32. The van der Waals surface area contributed by atoms with Crippen molar-refractivity contribution in [1.29, 1.82) is 0 Å². The number of aromatic nitrogens is 4. The van der Waals surface area contributed by atoms with Crippen molar-refractivity contribution in [2.45, 2.75) is 12.1 Å². The fourth-order valence-electron chi connectivity index (χ4n) is 3.10. The number of ether oxygens (including phenoxy) is 1. The lowest BCUT2D eigenvalue weighted by Crippen LogP contribution is -2.17. The summed E-state index contributed by atoms with van der Waals surface area (Å²) in [5.41, 5.74) is 2.70.